The van der Waals surface area contributed by atoms with E-state index in [1.54, 1.807) is 7.11 Å². The number of nitrogens with one attached hydrogen (secondary N) is 1. The summed E-state index contributed by atoms with van der Waals surface area (Å²) in [6, 6.07) is 0.467. The van der Waals surface area contributed by atoms with Crippen molar-refractivity contribution in [2.75, 3.05) is 13.7 Å². The van der Waals surface area contributed by atoms with E-state index >= 15 is 0 Å². The second-order valence-electron chi connectivity index (χ2n) is 5.43. The van der Waals surface area contributed by atoms with E-state index in [0.29, 0.717) is 12.1 Å². The fourth-order valence-corrected chi connectivity index (χ4v) is 2.57. The van der Waals surface area contributed by atoms with Crippen molar-refractivity contribution in [3.63, 3.8) is 0 Å². The van der Waals surface area contributed by atoms with Gasteiger partial charge in [0.25, 0.3) is 0 Å². The summed E-state index contributed by atoms with van der Waals surface area (Å²) >= 11 is 0. The third-order valence-corrected chi connectivity index (χ3v) is 4.35. The van der Waals surface area contributed by atoms with Crippen LogP contribution in [0, 0.1) is 11.8 Å². The highest BCUT2D eigenvalue weighted by Gasteiger charge is 2.20. The summed E-state index contributed by atoms with van der Waals surface area (Å²) in [6.07, 6.45) is 7.40. The molecular weight excluding hydrogens is 198 g/mol. The van der Waals surface area contributed by atoms with E-state index in [-0.39, 0.29) is 0 Å². The van der Waals surface area contributed by atoms with Crippen LogP contribution in [0.25, 0.3) is 0 Å². The molecule has 2 heteroatoms. The molecule has 0 amide bonds. The van der Waals surface area contributed by atoms with Gasteiger partial charge in [-0.1, -0.05) is 26.2 Å². The van der Waals surface area contributed by atoms with Crippen molar-refractivity contribution in [3.05, 3.63) is 0 Å². The summed E-state index contributed by atoms with van der Waals surface area (Å²) in [5, 5.41) is 3.61. The van der Waals surface area contributed by atoms with E-state index in [1.807, 2.05) is 0 Å². The molecule has 1 aliphatic rings. The van der Waals surface area contributed by atoms with Gasteiger partial charge in [-0.2, -0.15) is 0 Å². The fraction of sp³-hybridized carbons (Fsp3) is 1.00. The van der Waals surface area contributed by atoms with Crippen molar-refractivity contribution < 1.29 is 4.74 Å². The molecule has 0 aromatic rings. The third kappa shape index (κ3) is 4.42. The van der Waals surface area contributed by atoms with Gasteiger partial charge in [0, 0.05) is 13.2 Å². The quantitative estimate of drug-likeness (QED) is 0.752. The molecule has 1 fully saturated rings. The Hall–Kier alpha value is -0.0800. The zero-order chi connectivity index (χ0) is 12.0. The molecule has 0 radical (unpaired) electrons. The van der Waals surface area contributed by atoms with Gasteiger partial charge in [0.2, 0.25) is 0 Å². The second kappa shape index (κ2) is 7.29. The minimum absolute atomic E-state index is 0.312. The molecule has 0 aromatic heterocycles. The normalized spacial score (nSPS) is 30.0. The largest absolute Gasteiger partial charge is 0.380 e. The van der Waals surface area contributed by atoms with E-state index in [0.717, 1.165) is 11.8 Å². The third-order valence-electron chi connectivity index (χ3n) is 4.35. The maximum Gasteiger partial charge on any atom is 0.0693 e. The number of ether oxygens (including phenoxy) is 1. The second-order valence-corrected chi connectivity index (χ2v) is 5.43. The average Bonchev–Trinajstić information content (AvgIpc) is 2.35. The Kier molecular flexibility index (Phi) is 6.37. The molecule has 16 heavy (non-hydrogen) atoms. The molecule has 1 rings (SSSR count). The predicted molar refractivity (Wildman–Crippen MR) is 69.7 cm³/mol. The molecule has 0 saturated heterocycles. The van der Waals surface area contributed by atoms with E-state index in [1.165, 1.54) is 38.6 Å². The average molecular weight is 227 g/mol. The van der Waals surface area contributed by atoms with Crippen molar-refractivity contribution in [1.29, 1.82) is 0 Å². The van der Waals surface area contributed by atoms with E-state index in [9.17, 15) is 0 Å². The van der Waals surface area contributed by atoms with Gasteiger partial charge in [0.05, 0.1) is 6.10 Å². The molecular formula is C14H29NO. The lowest BCUT2D eigenvalue weighted by atomic mass is 9.81. The Labute approximate surface area is 101 Å². The summed E-state index contributed by atoms with van der Waals surface area (Å²) in [6.45, 7) is 7.84. The molecule has 0 aromatic carbocycles. The molecule has 2 atom stereocenters. The van der Waals surface area contributed by atoms with Gasteiger partial charge < -0.3 is 10.1 Å². The highest BCUT2D eigenvalue weighted by Crippen LogP contribution is 2.30. The minimum Gasteiger partial charge on any atom is -0.380 e. The first-order valence-corrected chi connectivity index (χ1v) is 6.93. The molecule has 1 aliphatic carbocycles. The smallest absolute Gasteiger partial charge is 0.0693 e. The maximum atomic E-state index is 5.32. The van der Waals surface area contributed by atoms with Crippen LogP contribution in [0.1, 0.15) is 52.9 Å². The highest BCUT2D eigenvalue weighted by atomic mass is 16.5. The SMILES string of the molecule is CCC1CCC(CNC(C)C(C)OC)CC1. The van der Waals surface area contributed by atoms with Crippen LogP contribution >= 0.6 is 0 Å². The van der Waals surface area contributed by atoms with Crippen LogP contribution in [0.5, 0.6) is 0 Å². The molecule has 1 N–H and O–H groups in total. The van der Waals surface area contributed by atoms with Crippen LogP contribution in [0.4, 0.5) is 0 Å². The number of hydrogen-bond acceptors (Lipinski definition) is 2. The van der Waals surface area contributed by atoms with Crippen molar-refractivity contribution in [2.45, 2.75) is 65.0 Å². The Balaban J connectivity index is 2.14. The van der Waals surface area contributed by atoms with E-state index in [2.05, 4.69) is 26.1 Å². The lowest BCUT2D eigenvalue weighted by Crippen LogP contribution is -2.40. The van der Waals surface area contributed by atoms with Crippen molar-refractivity contribution in [3.8, 4) is 0 Å². The fourth-order valence-electron chi connectivity index (χ4n) is 2.57. The number of hydrogen-bond donors (Lipinski definition) is 1. The Morgan fingerprint density at radius 2 is 1.69 bits per heavy atom. The predicted octanol–water partition coefficient (Wildman–Crippen LogP) is 3.22. The first kappa shape index (κ1) is 14.0. The molecule has 2 unspecified atom stereocenters. The topological polar surface area (TPSA) is 21.3 Å². The lowest BCUT2D eigenvalue weighted by Gasteiger charge is -2.29. The van der Waals surface area contributed by atoms with Crippen molar-refractivity contribution in [2.24, 2.45) is 11.8 Å². The van der Waals surface area contributed by atoms with Crippen LogP contribution in [0.2, 0.25) is 0 Å². The van der Waals surface area contributed by atoms with Gasteiger partial charge in [-0.15, -0.1) is 0 Å². The van der Waals surface area contributed by atoms with E-state index in [4.69, 9.17) is 4.74 Å². The minimum atomic E-state index is 0.312. The molecule has 0 heterocycles. The zero-order valence-electron chi connectivity index (χ0n) is 11.5. The van der Waals surface area contributed by atoms with Gasteiger partial charge in [0.15, 0.2) is 0 Å². The summed E-state index contributed by atoms with van der Waals surface area (Å²) < 4.78 is 5.32. The van der Waals surface area contributed by atoms with Gasteiger partial charge in [0.1, 0.15) is 0 Å². The van der Waals surface area contributed by atoms with Crippen LogP contribution in [-0.2, 0) is 4.74 Å². The lowest BCUT2D eigenvalue weighted by molar-refractivity contribution is 0.0858. The standard InChI is InChI=1S/C14H29NO/c1-5-13-6-8-14(9-7-13)10-15-11(2)12(3)16-4/h11-15H,5-10H2,1-4H3. The number of methoxy groups -OCH3 is 1. The highest BCUT2D eigenvalue weighted by molar-refractivity contribution is 4.76. The summed E-state index contributed by atoms with van der Waals surface area (Å²) in [5.74, 6) is 1.90. The van der Waals surface area contributed by atoms with Crippen molar-refractivity contribution >= 4 is 0 Å². The Morgan fingerprint density at radius 1 is 1.12 bits per heavy atom. The molecule has 2 nitrogen and oxygen atoms in total. The first-order chi connectivity index (χ1) is 7.67. The molecule has 0 spiro atoms. The van der Waals surface area contributed by atoms with Gasteiger partial charge in [-0.05, 0) is 45.1 Å². The van der Waals surface area contributed by atoms with Gasteiger partial charge >= 0.3 is 0 Å². The van der Waals surface area contributed by atoms with Gasteiger partial charge in [-0.25, -0.2) is 0 Å². The Morgan fingerprint density at radius 3 is 2.19 bits per heavy atom. The molecule has 1 saturated carbocycles. The maximum absolute atomic E-state index is 5.32. The first-order valence-electron chi connectivity index (χ1n) is 6.93. The van der Waals surface area contributed by atoms with E-state index < -0.39 is 0 Å². The van der Waals surface area contributed by atoms with Crippen LogP contribution in [0.15, 0.2) is 0 Å². The molecule has 0 aliphatic heterocycles. The summed E-state index contributed by atoms with van der Waals surface area (Å²) in [4.78, 5) is 0. The monoisotopic (exact) mass is 227 g/mol. The van der Waals surface area contributed by atoms with Crippen LogP contribution < -0.4 is 5.32 Å². The summed E-state index contributed by atoms with van der Waals surface area (Å²) in [5.41, 5.74) is 0. The van der Waals surface area contributed by atoms with Crippen LogP contribution in [0.3, 0.4) is 0 Å². The van der Waals surface area contributed by atoms with Crippen LogP contribution in [-0.4, -0.2) is 25.8 Å². The number of rotatable bonds is 6. The molecule has 96 valence electrons. The van der Waals surface area contributed by atoms with Gasteiger partial charge in [-0.3, -0.25) is 0 Å². The molecule has 0 bridgehead atoms. The Bertz CT molecular complexity index is 176. The van der Waals surface area contributed by atoms with Crippen molar-refractivity contribution in [1.82, 2.24) is 5.32 Å². The zero-order valence-corrected chi connectivity index (χ0v) is 11.5. The summed E-state index contributed by atoms with van der Waals surface area (Å²) in [7, 11) is 1.79.